The molecule has 0 saturated heterocycles. The molecule has 2 nitrogen and oxygen atoms in total. The first-order valence-electron chi connectivity index (χ1n) is 4.29. The third-order valence-corrected chi connectivity index (χ3v) is 2.60. The second-order valence-electron chi connectivity index (χ2n) is 3.27. The second kappa shape index (κ2) is 4.33. The molecule has 0 aliphatic rings. The van der Waals surface area contributed by atoms with Crippen LogP contribution < -0.4 is 0 Å². The molecule has 1 rings (SSSR count). The summed E-state index contributed by atoms with van der Waals surface area (Å²) in [7, 11) is 0. The molecule has 0 amide bonds. The summed E-state index contributed by atoms with van der Waals surface area (Å²) in [5.74, 6) is -4.47. The molecule has 0 spiro atoms. The van der Waals surface area contributed by atoms with Gasteiger partial charge in [-0.3, -0.25) is 4.79 Å². The van der Waals surface area contributed by atoms with E-state index in [2.05, 4.69) is 0 Å². The number of carboxylic acids is 1. The molecule has 0 bridgehead atoms. The minimum atomic E-state index is -4.83. The van der Waals surface area contributed by atoms with Crippen LogP contribution in [-0.2, 0) is 4.79 Å². The first kappa shape index (κ1) is 12.8. The lowest BCUT2D eigenvalue weighted by Gasteiger charge is -2.18. The number of benzene rings is 1. The largest absolute Gasteiger partial charge is 0.481 e. The van der Waals surface area contributed by atoms with Gasteiger partial charge < -0.3 is 5.11 Å². The molecule has 6 heteroatoms. The third kappa shape index (κ3) is 2.47. The smallest absolute Gasteiger partial charge is 0.406 e. The van der Waals surface area contributed by atoms with Gasteiger partial charge in [0.2, 0.25) is 0 Å². The Kier molecular flexibility index (Phi) is 3.48. The van der Waals surface area contributed by atoms with Crippen molar-refractivity contribution in [3.8, 4) is 0 Å². The summed E-state index contributed by atoms with van der Waals surface area (Å²) in [6, 6.07) is 3.83. The van der Waals surface area contributed by atoms with Crippen LogP contribution in [0.1, 0.15) is 17.0 Å². The minimum absolute atomic E-state index is 0.119. The molecule has 88 valence electrons. The van der Waals surface area contributed by atoms with Gasteiger partial charge in [-0.25, -0.2) is 0 Å². The SMILES string of the molecule is Cc1c(Cl)cccc1C(C(=O)O)C(F)(F)F. The Balaban J connectivity index is 3.33. The van der Waals surface area contributed by atoms with Crippen LogP contribution in [-0.4, -0.2) is 17.3 Å². The number of hydrogen-bond donors (Lipinski definition) is 1. The van der Waals surface area contributed by atoms with Crippen molar-refractivity contribution in [2.24, 2.45) is 0 Å². The van der Waals surface area contributed by atoms with Crippen LogP contribution in [0.15, 0.2) is 18.2 Å². The van der Waals surface area contributed by atoms with Crippen LogP contribution in [0.4, 0.5) is 13.2 Å². The topological polar surface area (TPSA) is 37.3 Å². The lowest BCUT2D eigenvalue weighted by atomic mass is 9.94. The average molecular weight is 253 g/mol. The molecule has 16 heavy (non-hydrogen) atoms. The van der Waals surface area contributed by atoms with E-state index in [1.807, 2.05) is 0 Å². The average Bonchev–Trinajstić information content (AvgIpc) is 2.09. The predicted octanol–water partition coefficient (Wildman–Crippen LogP) is 3.38. The zero-order valence-electron chi connectivity index (χ0n) is 8.18. The minimum Gasteiger partial charge on any atom is -0.481 e. The highest BCUT2D eigenvalue weighted by Gasteiger charge is 2.46. The van der Waals surface area contributed by atoms with Gasteiger partial charge in [0.15, 0.2) is 5.92 Å². The lowest BCUT2D eigenvalue weighted by Crippen LogP contribution is -2.28. The van der Waals surface area contributed by atoms with Gasteiger partial charge in [-0.15, -0.1) is 0 Å². The van der Waals surface area contributed by atoms with E-state index in [9.17, 15) is 18.0 Å². The Hall–Kier alpha value is -1.23. The molecular formula is C10H8ClF3O2. The molecule has 1 N–H and O–H groups in total. The highest BCUT2D eigenvalue weighted by Crippen LogP contribution is 2.37. The molecule has 0 heterocycles. The van der Waals surface area contributed by atoms with E-state index in [1.165, 1.54) is 19.1 Å². The van der Waals surface area contributed by atoms with E-state index in [-0.39, 0.29) is 16.1 Å². The third-order valence-electron chi connectivity index (χ3n) is 2.19. The fraction of sp³-hybridized carbons (Fsp3) is 0.300. The van der Waals surface area contributed by atoms with Crippen molar-refractivity contribution in [2.75, 3.05) is 0 Å². The van der Waals surface area contributed by atoms with Gasteiger partial charge in [-0.2, -0.15) is 13.2 Å². The zero-order valence-corrected chi connectivity index (χ0v) is 8.93. The molecule has 0 radical (unpaired) electrons. The number of aliphatic carboxylic acids is 1. The summed E-state index contributed by atoms with van der Waals surface area (Å²) in [5.41, 5.74) is -0.193. The van der Waals surface area contributed by atoms with E-state index in [0.717, 1.165) is 6.07 Å². The highest BCUT2D eigenvalue weighted by molar-refractivity contribution is 6.31. The monoisotopic (exact) mass is 252 g/mol. The van der Waals surface area contributed by atoms with Gasteiger partial charge in [-0.05, 0) is 24.1 Å². The van der Waals surface area contributed by atoms with E-state index in [1.54, 1.807) is 0 Å². The number of alkyl halides is 3. The Morgan fingerprint density at radius 2 is 2.00 bits per heavy atom. The summed E-state index contributed by atoms with van der Waals surface area (Å²) in [5, 5.41) is 8.73. The Bertz CT molecular complexity index is 415. The van der Waals surface area contributed by atoms with Gasteiger partial charge in [0.05, 0.1) is 0 Å². The standard InChI is InChI=1S/C10H8ClF3O2/c1-5-6(3-2-4-7(5)11)8(9(15)16)10(12,13)14/h2-4,8H,1H3,(H,15,16). The van der Waals surface area contributed by atoms with Crippen LogP contribution in [0, 0.1) is 6.92 Å². The molecule has 0 aliphatic heterocycles. The lowest BCUT2D eigenvalue weighted by molar-refractivity contribution is -0.176. The maximum Gasteiger partial charge on any atom is 0.406 e. The molecule has 0 fully saturated rings. The Labute approximate surface area is 94.6 Å². The van der Waals surface area contributed by atoms with Crippen molar-refractivity contribution >= 4 is 17.6 Å². The van der Waals surface area contributed by atoms with Gasteiger partial charge in [0.1, 0.15) is 0 Å². The van der Waals surface area contributed by atoms with Crippen molar-refractivity contribution in [3.05, 3.63) is 34.3 Å². The first-order chi connectivity index (χ1) is 7.25. The number of hydrogen-bond acceptors (Lipinski definition) is 1. The summed E-state index contributed by atoms with van der Waals surface area (Å²) in [6.45, 7) is 1.36. The maximum absolute atomic E-state index is 12.5. The van der Waals surface area contributed by atoms with Crippen molar-refractivity contribution in [3.63, 3.8) is 0 Å². The Morgan fingerprint density at radius 3 is 2.44 bits per heavy atom. The quantitative estimate of drug-likeness (QED) is 0.876. The molecule has 1 aromatic rings. The number of rotatable bonds is 2. The summed E-state index contributed by atoms with van der Waals surface area (Å²) in [4.78, 5) is 10.6. The highest BCUT2D eigenvalue weighted by atomic mass is 35.5. The van der Waals surface area contributed by atoms with Crippen LogP contribution in [0.25, 0.3) is 0 Å². The van der Waals surface area contributed by atoms with Crippen molar-refractivity contribution in [1.29, 1.82) is 0 Å². The van der Waals surface area contributed by atoms with Crippen molar-refractivity contribution in [2.45, 2.75) is 19.0 Å². The van der Waals surface area contributed by atoms with E-state index < -0.39 is 18.1 Å². The fourth-order valence-electron chi connectivity index (χ4n) is 1.39. The second-order valence-corrected chi connectivity index (χ2v) is 3.67. The molecule has 0 aliphatic carbocycles. The maximum atomic E-state index is 12.5. The summed E-state index contributed by atoms with van der Waals surface area (Å²) in [6.07, 6.45) is -4.83. The molecule has 0 saturated carbocycles. The first-order valence-corrected chi connectivity index (χ1v) is 4.67. The van der Waals surface area contributed by atoms with Crippen LogP contribution in [0.3, 0.4) is 0 Å². The molecule has 1 aromatic carbocycles. The van der Waals surface area contributed by atoms with E-state index >= 15 is 0 Å². The van der Waals surface area contributed by atoms with Crippen LogP contribution >= 0.6 is 11.6 Å². The van der Waals surface area contributed by atoms with Crippen molar-refractivity contribution < 1.29 is 23.1 Å². The van der Waals surface area contributed by atoms with Gasteiger partial charge in [0, 0.05) is 5.02 Å². The number of carboxylic acid groups (broad SMARTS) is 1. The number of halogens is 4. The molecule has 1 atom stereocenters. The van der Waals surface area contributed by atoms with Gasteiger partial charge in [-0.1, -0.05) is 23.7 Å². The molecule has 0 aromatic heterocycles. The van der Waals surface area contributed by atoms with E-state index in [0.29, 0.717) is 0 Å². The fourth-order valence-corrected chi connectivity index (χ4v) is 1.57. The van der Waals surface area contributed by atoms with Crippen LogP contribution in [0.2, 0.25) is 5.02 Å². The number of carbonyl (C=O) groups is 1. The van der Waals surface area contributed by atoms with Crippen LogP contribution in [0.5, 0.6) is 0 Å². The Morgan fingerprint density at radius 1 is 1.44 bits per heavy atom. The molecular weight excluding hydrogens is 245 g/mol. The van der Waals surface area contributed by atoms with E-state index in [4.69, 9.17) is 16.7 Å². The normalized spacial score (nSPS) is 13.6. The van der Waals surface area contributed by atoms with Gasteiger partial charge in [0.25, 0.3) is 0 Å². The predicted molar refractivity (Wildman–Crippen MR) is 52.6 cm³/mol. The summed E-state index contributed by atoms with van der Waals surface area (Å²) < 4.78 is 37.6. The van der Waals surface area contributed by atoms with Crippen molar-refractivity contribution in [1.82, 2.24) is 0 Å². The van der Waals surface area contributed by atoms with Gasteiger partial charge >= 0.3 is 12.1 Å². The molecule has 1 unspecified atom stereocenters. The summed E-state index contributed by atoms with van der Waals surface area (Å²) >= 11 is 5.65. The zero-order chi connectivity index (χ0) is 12.5.